The van der Waals surface area contributed by atoms with Gasteiger partial charge >= 0.3 is 0 Å². The second-order valence-electron chi connectivity index (χ2n) is 2.92. The average Bonchev–Trinajstić information content (AvgIpc) is 2.58. The highest BCUT2D eigenvalue weighted by molar-refractivity contribution is 7.10. The Bertz CT molecular complexity index is 211. The SMILES string of the molecule is OCC1(c2cccs2)CC1. The summed E-state index contributed by atoms with van der Waals surface area (Å²) in [5, 5.41) is 11.1. The zero-order valence-corrected chi connectivity index (χ0v) is 6.53. The monoisotopic (exact) mass is 154 g/mol. The van der Waals surface area contributed by atoms with Crippen molar-refractivity contribution in [3.63, 3.8) is 0 Å². The van der Waals surface area contributed by atoms with Gasteiger partial charge in [-0.3, -0.25) is 0 Å². The number of aliphatic hydroxyl groups is 1. The van der Waals surface area contributed by atoms with Gasteiger partial charge in [-0.05, 0) is 24.3 Å². The zero-order chi connectivity index (χ0) is 7.03. The Morgan fingerprint density at radius 1 is 1.60 bits per heavy atom. The molecule has 1 saturated carbocycles. The molecule has 0 amide bonds. The van der Waals surface area contributed by atoms with E-state index in [1.807, 2.05) is 0 Å². The molecule has 0 aromatic carbocycles. The van der Waals surface area contributed by atoms with Crippen LogP contribution in [0.2, 0.25) is 0 Å². The van der Waals surface area contributed by atoms with Gasteiger partial charge in [0.1, 0.15) is 0 Å². The molecule has 2 rings (SSSR count). The van der Waals surface area contributed by atoms with Crippen LogP contribution in [0.5, 0.6) is 0 Å². The molecule has 1 aliphatic rings. The maximum atomic E-state index is 9.04. The Morgan fingerprint density at radius 3 is 2.80 bits per heavy atom. The molecule has 54 valence electrons. The van der Waals surface area contributed by atoms with E-state index in [0.29, 0.717) is 6.61 Å². The van der Waals surface area contributed by atoms with Crippen LogP contribution in [0.15, 0.2) is 17.5 Å². The van der Waals surface area contributed by atoms with Crippen molar-refractivity contribution in [1.29, 1.82) is 0 Å². The van der Waals surface area contributed by atoms with E-state index in [1.54, 1.807) is 11.3 Å². The molecule has 1 heterocycles. The highest BCUT2D eigenvalue weighted by Gasteiger charge is 2.44. The molecule has 0 aliphatic heterocycles. The minimum Gasteiger partial charge on any atom is -0.395 e. The van der Waals surface area contributed by atoms with E-state index < -0.39 is 0 Å². The Morgan fingerprint density at radius 2 is 2.40 bits per heavy atom. The van der Waals surface area contributed by atoms with E-state index in [2.05, 4.69) is 17.5 Å². The summed E-state index contributed by atoms with van der Waals surface area (Å²) in [6, 6.07) is 4.17. The molecule has 1 aromatic rings. The van der Waals surface area contributed by atoms with Crippen molar-refractivity contribution in [2.75, 3.05) is 6.61 Å². The number of aliphatic hydroxyl groups excluding tert-OH is 1. The van der Waals surface area contributed by atoms with Crippen LogP contribution in [0, 0.1) is 0 Å². The second-order valence-corrected chi connectivity index (χ2v) is 3.86. The third-order valence-electron chi connectivity index (χ3n) is 2.20. The van der Waals surface area contributed by atoms with Gasteiger partial charge in [0, 0.05) is 10.3 Å². The van der Waals surface area contributed by atoms with E-state index in [0.717, 1.165) is 0 Å². The van der Waals surface area contributed by atoms with Gasteiger partial charge in [-0.15, -0.1) is 11.3 Å². The summed E-state index contributed by atoms with van der Waals surface area (Å²) in [7, 11) is 0. The van der Waals surface area contributed by atoms with Gasteiger partial charge in [-0.2, -0.15) is 0 Å². The smallest absolute Gasteiger partial charge is 0.0535 e. The van der Waals surface area contributed by atoms with Gasteiger partial charge in [0.2, 0.25) is 0 Å². The van der Waals surface area contributed by atoms with Crippen LogP contribution in [0.3, 0.4) is 0 Å². The zero-order valence-electron chi connectivity index (χ0n) is 5.71. The molecule has 1 aromatic heterocycles. The first-order chi connectivity index (χ1) is 4.87. The van der Waals surface area contributed by atoms with E-state index in [4.69, 9.17) is 5.11 Å². The molecule has 0 saturated heterocycles. The topological polar surface area (TPSA) is 20.2 Å². The minimum atomic E-state index is 0.189. The molecular formula is C8H10OS. The maximum Gasteiger partial charge on any atom is 0.0535 e. The quantitative estimate of drug-likeness (QED) is 0.688. The van der Waals surface area contributed by atoms with Crippen LogP contribution in [0.1, 0.15) is 17.7 Å². The summed E-state index contributed by atoms with van der Waals surface area (Å²) in [6.07, 6.45) is 2.34. The largest absolute Gasteiger partial charge is 0.395 e. The fraction of sp³-hybridized carbons (Fsp3) is 0.500. The summed E-state index contributed by atoms with van der Waals surface area (Å²) in [5.74, 6) is 0. The molecule has 2 heteroatoms. The van der Waals surface area contributed by atoms with Crippen LogP contribution in [-0.4, -0.2) is 11.7 Å². The van der Waals surface area contributed by atoms with Crippen molar-refractivity contribution >= 4 is 11.3 Å². The first-order valence-corrected chi connectivity index (χ1v) is 4.40. The van der Waals surface area contributed by atoms with Crippen molar-refractivity contribution in [2.45, 2.75) is 18.3 Å². The fourth-order valence-electron chi connectivity index (χ4n) is 1.21. The number of hydrogen-bond donors (Lipinski definition) is 1. The van der Waals surface area contributed by atoms with Gasteiger partial charge in [0.25, 0.3) is 0 Å². The van der Waals surface area contributed by atoms with Crippen molar-refractivity contribution in [3.8, 4) is 0 Å². The molecule has 1 aliphatic carbocycles. The lowest BCUT2D eigenvalue weighted by atomic mass is 10.1. The van der Waals surface area contributed by atoms with Gasteiger partial charge in [-0.25, -0.2) is 0 Å². The summed E-state index contributed by atoms with van der Waals surface area (Å²) in [5.41, 5.74) is 0.189. The molecule has 10 heavy (non-hydrogen) atoms. The van der Waals surface area contributed by atoms with E-state index in [9.17, 15) is 0 Å². The van der Waals surface area contributed by atoms with Crippen molar-refractivity contribution in [3.05, 3.63) is 22.4 Å². The third-order valence-corrected chi connectivity index (χ3v) is 3.32. The van der Waals surface area contributed by atoms with Gasteiger partial charge < -0.3 is 5.11 Å². The molecule has 1 nitrogen and oxygen atoms in total. The summed E-state index contributed by atoms with van der Waals surface area (Å²) in [6.45, 7) is 0.327. The fourth-order valence-corrected chi connectivity index (χ4v) is 2.19. The Labute approximate surface area is 64.3 Å². The van der Waals surface area contributed by atoms with Crippen molar-refractivity contribution < 1.29 is 5.11 Å². The molecule has 0 radical (unpaired) electrons. The van der Waals surface area contributed by atoms with Crippen LogP contribution in [0.4, 0.5) is 0 Å². The van der Waals surface area contributed by atoms with Gasteiger partial charge in [-0.1, -0.05) is 6.07 Å². The van der Waals surface area contributed by atoms with Crippen LogP contribution in [0.25, 0.3) is 0 Å². The highest BCUT2D eigenvalue weighted by Crippen LogP contribution is 2.49. The lowest BCUT2D eigenvalue weighted by Gasteiger charge is -2.06. The lowest BCUT2D eigenvalue weighted by molar-refractivity contribution is 0.257. The molecule has 0 bridgehead atoms. The van der Waals surface area contributed by atoms with Crippen LogP contribution < -0.4 is 0 Å². The first-order valence-electron chi connectivity index (χ1n) is 3.52. The molecular weight excluding hydrogens is 144 g/mol. The van der Waals surface area contributed by atoms with Crippen LogP contribution >= 0.6 is 11.3 Å². The van der Waals surface area contributed by atoms with E-state index in [1.165, 1.54) is 17.7 Å². The number of thiophene rings is 1. The van der Waals surface area contributed by atoms with Gasteiger partial charge in [0.15, 0.2) is 0 Å². The van der Waals surface area contributed by atoms with Crippen molar-refractivity contribution in [1.82, 2.24) is 0 Å². The Hall–Kier alpha value is -0.340. The highest BCUT2D eigenvalue weighted by atomic mass is 32.1. The molecule has 0 unspecified atom stereocenters. The third kappa shape index (κ3) is 0.796. The molecule has 0 atom stereocenters. The van der Waals surface area contributed by atoms with E-state index >= 15 is 0 Å². The van der Waals surface area contributed by atoms with E-state index in [-0.39, 0.29) is 5.41 Å². The lowest BCUT2D eigenvalue weighted by Crippen LogP contribution is -2.08. The number of rotatable bonds is 2. The molecule has 1 N–H and O–H groups in total. The summed E-state index contributed by atoms with van der Waals surface area (Å²) in [4.78, 5) is 1.36. The second kappa shape index (κ2) is 2.07. The standard InChI is InChI=1S/C8H10OS/c9-6-8(3-4-8)7-2-1-5-10-7/h1-2,5,9H,3-4,6H2. The van der Waals surface area contributed by atoms with Crippen molar-refractivity contribution in [2.24, 2.45) is 0 Å². The molecule has 1 fully saturated rings. The minimum absolute atomic E-state index is 0.189. The number of hydrogen-bond acceptors (Lipinski definition) is 2. The van der Waals surface area contributed by atoms with Crippen LogP contribution in [-0.2, 0) is 5.41 Å². The predicted octanol–water partition coefficient (Wildman–Crippen LogP) is 1.77. The Kier molecular flexibility index (Phi) is 1.32. The van der Waals surface area contributed by atoms with Gasteiger partial charge in [0.05, 0.1) is 6.61 Å². The summed E-state index contributed by atoms with van der Waals surface area (Å²) < 4.78 is 0. The molecule has 0 spiro atoms. The maximum absolute atomic E-state index is 9.04. The predicted molar refractivity (Wildman–Crippen MR) is 42.3 cm³/mol. The first kappa shape index (κ1) is 6.38. The summed E-state index contributed by atoms with van der Waals surface area (Å²) >= 11 is 1.76. The Balaban J connectivity index is 2.27. The average molecular weight is 154 g/mol. The normalized spacial score (nSPS) is 20.9.